The van der Waals surface area contributed by atoms with Gasteiger partial charge in [0.1, 0.15) is 11.6 Å². The largest absolute Gasteiger partial charge is 0.371 e. The first-order valence-corrected chi connectivity index (χ1v) is 9.52. The monoisotopic (exact) mass is 358 g/mol. The van der Waals surface area contributed by atoms with Gasteiger partial charge in [-0.2, -0.15) is 4.98 Å². The van der Waals surface area contributed by atoms with Gasteiger partial charge in [-0.05, 0) is 56.5 Å². The minimum Gasteiger partial charge on any atom is -0.371 e. The van der Waals surface area contributed by atoms with Crippen molar-refractivity contribution in [1.29, 1.82) is 0 Å². The molecule has 1 aliphatic rings. The molecule has 27 heavy (non-hydrogen) atoms. The van der Waals surface area contributed by atoms with E-state index in [1.165, 1.54) is 24.9 Å². The van der Waals surface area contributed by atoms with E-state index in [2.05, 4.69) is 38.6 Å². The van der Waals surface area contributed by atoms with Gasteiger partial charge in [-0.25, -0.2) is 0 Å². The van der Waals surface area contributed by atoms with Crippen LogP contribution in [0, 0.1) is 6.92 Å². The zero-order valence-electron chi connectivity index (χ0n) is 15.4. The maximum Gasteiger partial charge on any atom is 0.257 e. The minimum absolute atomic E-state index is 0.620. The van der Waals surface area contributed by atoms with Gasteiger partial charge in [0.2, 0.25) is 0 Å². The predicted molar refractivity (Wildman–Crippen MR) is 109 cm³/mol. The van der Waals surface area contributed by atoms with E-state index in [0.29, 0.717) is 5.78 Å². The molecule has 1 saturated heterocycles. The second-order valence-electron chi connectivity index (χ2n) is 7.08. The van der Waals surface area contributed by atoms with Crippen molar-refractivity contribution in [2.24, 2.45) is 0 Å². The fourth-order valence-electron chi connectivity index (χ4n) is 3.87. The normalized spacial score (nSPS) is 14.8. The van der Waals surface area contributed by atoms with Gasteiger partial charge < -0.3 is 10.2 Å². The highest BCUT2D eigenvalue weighted by atomic mass is 15.3. The van der Waals surface area contributed by atoms with Crippen LogP contribution in [0.4, 0.5) is 17.2 Å². The predicted octanol–water partition coefficient (Wildman–Crippen LogP) is 4.32. The molecule has 0 spiro atoms. The van der Waals surface area contributed by atoms with E-state index in [4.69, 9.17) is 4.98 Å². The summed E-state index contributed by atoms with van der Waals surface area (Å²) in [7, 11) is 0. The lowest BCUT2D eigenvalue weighted by Gasteiger charge is -2.29. The molecule has 0 bridgehead atoms. The highest BCUT2D eigenvalue weighted by molar-refractivity contribution is 5.94. The molecule has 0 saturated carbocycles. The molecule has 2 aromatic carbocycles. The molecule has 4 aromatic rings. The lowest BCUT2D eigenvalue weighted by atomic mass is 10.1. The highest BCUT2D eigenvalue weighted by Crippen LogP contribution is 2.30. The van der Waals surface area contributed by atoms with Crippen molar-refractivity contribution < 1.29 is 0 Å². The molecule has 0 radical (unpaired) electrons. The summed E-state index contributed by atoms with van der Waals surface area (Å²) in [4.78, 5) is 7.20. The SMILES string of the molecule is Cc1nnc2nc(Nc3ccccc3)c3ccc(N4CCCCC4)cc3n12. The van der Waals surface area contributed by atoms with E-state index in [1.54, 1.807) is 0 Å². The number of para-hydroxylation sites is 1. The van der Waals surface area contributed by atoms with Crippen LogP contribution in [-0.2, 0) is 0 Å². The second-order valence-corrected chi connectivity index (χ2v) is 7.08. The van der Waals surface area contributed by atoms with E-state index < -0.39 is 0 Å². The fourth-order valence-corrected chi connectivity index (χ4v) is 3.87. The average molecular weight is 358 g/mol. The van der Waals surface area contributed by atoms with Crippen LogP contribution in [0.1, 0.15) is 25.1 Å². The quantitative estimate of drug-likeness (QED) is 0.591. The third kappa shape index (κ3) is 2.87. The zero-order valence-corrected chi connectivity index (χ0v) is 15.4. The summed E-state index contributed by atoms with van der Waals surface area (Å²) in [6, 6.07) is 16.7. The summed E-state index contributed by atoms with van der Waals surface area (Å²) >= 11 is 0. The number of hydrogen-bond donors (Lipinski definition) is 1. The molecule has 136 valence electrons. The minimum atomic E-state index is 0.620. The molecule has 0 unspecified atom stereocenters. The third-order valence-corrected chi connectivity index (χ3v) is 5.25. The van der Waals surface area contributed by atoms with Crippen molar-refractivity contribution in [3.05, 3.63) is 54.4 Å². The maximum atomic E-state index is 4.73. The van der Waals surface area contributed by atoms with E-state index >= 15 is 0 Å². The van der Waals surface area contributed by atoms with Crippen LogP contribution in [0.5, 0.6) is 0 Å². The van der Waals surface area contributed by atoms with E-state index in [-0.39, 0.29) is 0 Å². The molecule has 6 heteroatoms. The van der Waals surface area contributed by atoms with Crippen LogP contribution in [0.25, 0.3) is 16.7 Å². The van der Waals surface area contributed by atoms with Crippen LogP contribution in [-0.4, -0.2) is 32.7 Å². The number of fused-ring (bicyclic) bond motifs is 3. The van der Waals surface area contributed by atoms with Crippen molar-refractivity contribution in [3.63, 3.8) is 0 Å². The Labute approximate surface area is 157 Å². The molecule has 3 heterocycles. The van der Waals surface area contributed by atoms with Gasteiger partial charge in [-0.3, -0.25) is 4.40 Å². The topological polar surface area (TPSA) is 58.4 Å². The first kappa shape index (κ1) is 16.1. The molecular weight excluding hydrogens is 336 g/mol. The molecule has 6 nitrogen and oxygen atoms in total. The Balaban J connectivity index is 1.68. The number of nitrogens with zero attached hydrogens (tertiary/aromatic N) is 5. The van der Waals surface area contributed by atoms with Crippen molar-refractivity contribution in [2.75, 3.05) is 23.3 Å². The van der Waals surface area contributed by atoms with Gasteiger partial charge in [0, 0.05) is 29.9 Å². The Morgan fingerprint density at radius 1 is 0.926 bits per heavy atom. The Morgan fingerprint density at radius 3 is 2.56 bits per heavy atom. The van der Waals surface area contributed by atoms with Crippen molar-refractivity contribution in [3.8, 4) is 0 Å². The van der Waals surface area contributed by atoms with Gasteiger partial charge in [0.15, 0.2) is 0 Å². The first-order chi connectivity index (χ1) is 13.3. The number of aryl methyl sites for hydroxylation is 1. The lowest BCUT2D eigenvalue weighted by molar-refractivity contribution is 0.578. The van der Waals surface area contributed by atoms with Crippen LogP contribution in [0.3, 0.4) is 0 Å². The lowest BCUT2D eigenvalue weighted by Crippen LogP contribution is -2.29. The van der Waals surface area contributed by atoms with Crippen molar-refractivity contribution in [1.82, 2.24) is 19.6 Å². The van der Waals surface area contributed by atoms with Gasteiger partial charge in [0.05, 0.1) is 5.52 Å². The first-order valence-electron chi connectivity index (χ1n) is 9.52. The summed E-state index contributed by atoms with van der Waals surface area (Å²) in [6.45, 7) is 4.21. The standard InChI is InChI=1S/C21H22N6/c1-15-24-25-21-23-20(22-16-8-4-2-5-9-16)18-11-10-17(14-19(18)27(15)21)26-12-6-3-7-13-26/h2,4-5,8-11,14H,3,6-7,12-13H2,1H3,(H,22,23,25). The van der Waals surface area contributed by atoms with Crippen LogP contribution >= 0.6 is 0 Å². The summed E-state index contributed by atoms with van der Waals surface area (Å²) in [5.41, 5.74) is 3.35. The molecule has 1 aliphatic heterocycles. The molecule has 0 aliphatic carbocycles. The maximum absolute atomic E-state index is 4.73. The molecule has 0 amide bonds. The van der Waals surface area contributed by atoms with Crippen LogP contribution < -0.4 is 10.2 Å². The number of aromatic nitrogens is 4. The Bertz CT molecular complexity index is 1100. The smallest absolute Gasteiger partial charge is 0.257 e. The number of rotatable bonds is 3. The number of nitrogens with one attached hydrogen (secondary N) is 1. The highest BCUT2D eigenvalue weighted by Gasteiger charge is 2.16. The summed E-state index contributed by atoms with van der Waals surface area (Å²) in [6.07, 6.45) is 3.85. The second kappa shape index (κ2) is 6.54. The molecule has 0 atom stereocenters. The van der Waals surface area contributed by atoms with Crippen LogP contribution in [0.15, 0.2) is 48.5 Å². The fraction of sp³-hybridized carbons (Fsp3) is 0.286. The van der Waals surface area contributed by atoms with Crippen molar-refractivity contribution in [2.45, 2.75) is 26.2 Å². The molecule has 5 rings (SSSR count). The van der Waals surface area contributed by atoms with Gasteiger partial charge >= 0.3 is 0 Å². The molecular formula is C21H22N6. The number of anilines is 3. The third-order valence-electron chi connectivity index (χ3n) is 5.25. The van der Waals surface area contributed by atoms with Gasteiger partial charge in [-0.1, -0.05) is 18.2 Å². The molecule has 2 aromatic heterocycles. The zero-order chi connectivity index (χ0) is 18.2. The summed E-state index contributed by atoms with van der Waals surface area (Å²) in [5.74, 6) is 2.28. The average Bonchev–Trinajstić information content (AvgIpc) is 3.10. The Kier molecular flexibility index (Phi) is 3.89. The van der Waals surface area contributed by atoms with Crippen LogP contribution in [0.2, 0.25) is 0 Å². The Hall–Kier alpha value is -3.15. The number of hydrogen-bond acceptors (Lipinski definition) is 5. The van der Waals surface area contributed by atoms with Gasteiger partial charge in [0.25, 0.3) is 5.78 Å². The van der Waals surface area contributed by atoms with E-state index in [1.807, 2.05) is 41.7 Å². The van der Waals surface area contributed by atoms with Crippen molar-refractivity contribution >= 4 is 33.9 Å². The van der Waals surface area contributed by atoms with E-state index in [0.717, 1.165) is 41.3 Å². The summed E-state index contributed by atoms with van der Waals surface area (Å²) < 4.78 is 2.04. The summed E-state index contributed by atoms with van der Waals surface area (Å²) in [5, 5.41) is 13.0. The molecule has 1 fully saturated rings. The van der Waals surface area contributed by atoms with Gasteiger partial charge in [-0.15, -0.1) is 10.2 Å². The molecule has 1 N–H and O–H groups in total. The number of piperidine rings is 1. The number of benzene rings is 2. The Morgan fingerprint density at radius 2 is 1.74 bits per heavy atom. The van der Waals surface area contributed by atoms with E-state index in [9.17, 15) is 0 Å².